The van der Waals surface area contributed by atoms with E-state index in [0.29, 0.717) is 18.8 Å². The largest absolute Gasteiger partial charge is 0.478 e. The zero-order valence-corrected chi connectivity index (χ0v) is 10.9. The summed E-state index contributed by atoms with van der Waals surface area (Å²) >= 11 is 5.76. The van der Waals surface area contributed by atoms with Gasteiger partial charge >= 0.3 is 5.97 Å². The molecule has 1 fully saturated rings. The summed E-state index contributed by atoms with van der Waals surface area (Å²) in [5.74, 6) is -1.43. The molecule has 0 radical (unpaired) electrons. The minimum Gasteiger partial charge on any atom is -0.478 e. The number of hydrogen-bond acceptors (Lipinski definition) is 3. The molecular weight excluding hydrogens is 270 g/mol. The summed E-state index contributed by atoms with van der Waals surface area (Å²) in [6.07, 6.45) is 1.54. The second kappa shape index (κ2) is 6.04. The molecule has 0 spiro atoms. The lowest BCUT2D eigenvalue weighted by molar-refractivity contribution is 0.0694. The van der Waals surface area contributed by atoms with Crippen molar-refractivity contribution >= 4 is 23.5 Å². The lowest BCUT2D eigenvalue weighted by Gasteiger charge is -2.23. The van der Waals surface area contributed by atoms with E-state index < -0.39 is 5.97 Å². The third-order valence-electron chi connectivity index (χ3n) is 3.02. The summed E-state index contributed by atoms with van der Waals surface area (Å²) in [4.78, 5) is 23.0. The van der Waals surface area contributed by atoms with Crippen LogP contribution in [0.5, 0.6) is 0 Å². The number of hydrogen-bond donors (Lipinski definition) is 2. The van der Waals surface area contributed by atoms with Crippen molar-refractivity contribution in [3.8, 4) is 0 Å². The van der Waals surface area contributed by atoms with E-state index in [1.165, 1.54) is 18.2 Å². The Kier molecular flexibility index (Phi) is 4.39. The molecule has 0 saturated carbocycles. The molecule has 1 amide bonds. The van der Waals surface area contributed by atoms with E-state index >= 15 is 0 Å². The number of carboxylic acid groups (broad SMARTS) is 1. The van der Waals surface area contributed by atoms with Crippen LogP contribution in [0.2, 0.25) is 5.02 Å². The highest BCUT2D eigenvalue weighted by Crippen LogP contribution is 2.18. The van der Waals surface area contributed by atoms with Crippen LogP contribution in [-0.2, 0) is 4.74 Å². The lowest BCUT2D eigenvalue weighted by Crippen LogP contribution is -2.38. The van der Waals surface area contributed by atoms with Gasteiger partial charge in [0.15, 0.2) is 0 Å². The first-order chi connectivity index (χ1) is 9.08. The number of carbonyl (C=O) groups is 2. The predicted octanol–water partition coefficient (Wildman–Crippen LogP) is 1.95. The molecule has 6 heteroatoms. The highest BCUT2D eigenvalue weighted by Gasteiger charge is 2.18. The maximum atomic E-state index is 12.0. The van der Waals surface area contributed by atoms with E-state index in [0.717, 1.165) is 12.8 Å². The van der Waals surface area contributed by atoms with Gasteiger partial charge in [-0.3, -0.25) is 4.79 Å². The minimum absolute atomic E-state index is 0.0682. The van der Waals surface area contributed by atoms with E-state index in [-0.39, 0.29) is 22.5 Å². The second-order valence-corrected chi connectivity index (χ2v) is 4.77. The quantitative estimate of drug-likeness (QED) is 0.889. The number of ether oxygens (including phenoxy) is 1. The first kappa shape index (κ1) is 13.8. The molecule has 0 aromatic heterocycles. The van der Waals surface area contributed by atoms with Crippen LogP contribution < -0.4 is 5.32 Å². The average Bonchev–Trinajstić information content (AvgIpc) is 2.40. The van der Waals surface area contributed by atoms with Crippen molar-refractivity contribution in [1.82, 2.24) is 5.32 Å². The van der Waals surface area contributed by atoms with Gasteiger partial charge in [-0.05, 0) is 31.0 Å². The van der Waals surface area contributed by atoms with Crippen LogP contribution in [0, 0.1) is 0 Å². The van der Waals surface area contributed by atoms with E-state index in [2.05, 4.69) is 5.32 Å². The summed E-state index contributed by atoms with van der Waals surface area (Å²) in [6, 6.07) is 4.30. The summed E-state index contributed by atoms with van der Waals surface area (Å²) in [6.45, 7) is 1.26. The van der Waals surface area contributed by atoms with Crippen LogP contribution in [0.1, 0.15) is 33.6 Å². The Morgan fingerprint density at radius 3 is 2.63 bits per heavy atom. The standard InChI is InChI=1S/C13H14ClNO4/c14-11-2-1-8(7-10(11)13(17)18)12(16)15-9-3-5-19-6-4-9/h1-2,7,9H,3-6H2,(H,15,16)(H,17,18). The van der Waals surface area contributed by atoms with Crippen LogP contribution in [-0.4, -0.2) is 36.2 Å². The third kappa shape index (κ3) is 3.45. The fourth-order valence-corrected chi connectivity index (χ4v) is 2.14. The zero-order chi connectivity index (χ0) is 13.8. The van der Waals surface area contributed by atoms with Gasteiger partial charge in [-0.15, -0.1) is 0 Å². The number of aromatic carboxylic acids is 1. The van der Waals surface area contributed by atoms with E-state index in [1.54, 1.807) is 0 Å². The Hall–Kier alpha value is -1.59. The highest BCUT2D eigenvalue weighted by atomic mass is 35.5. The highest BCUT2D eigenvalue weighted by molar-refractivity contribution is 6.33. The number of amides is 1. The Morgan fingerprint density at radius 1 is 1.32 bits per heavy atom. The molecule has 1 aromatic rings. The van der Waals surface area contributed by atoms with Crippen molar-refractivity contribution in [2.45, 2.75) is 18.9 Å². The molecule has 0 unspecified atom stereocenters. The maximum absolute atomic E-state index is 12.0. The maximum Gasteiger partial charge on any atom is 0.337 e. The zero-order valence-electron chi connectivity index (χ0n) is 10.2. The van der Waals surface area contributed by atoms with Crippen molar-refractivity contribution in [1.29, 1.82) is 0 Å². The van der Waals surface area contributed by atoms with Gasteiger partial charge in [0.05, 0.1) is 10.6 Å². The van der Waals surface area contributed by atoms with Gasteiger partial charge in [0.25, 0.3) is 5.91 Å². The SMILES string of the molecule is O=C(NC1CCOCC1)c1ccc(Cl)c(C(=O)O)c1. The first-order valence-electron chi connectivity index (χ1n) is 5.99. The Bertz CT molecular complexity index is 497. The van der Waals surface area contributed by atoms with Crippen molar-refractivity contribution in [3.63, 3.8) is 0 Å². The van der Waals surface area contributed by atoms with Gasteiger partial charge in [-0.25, -0.2) is 4.79 Å². The van der Waals surface area contributed by atoms with Gasteiger partial charge in [0.1, 0.15) is 0 Å². The molecule has 2 rings (SSSR count). The molecular formula is C13H14ClNO4. The minimum atomic E-state index is -1.15. The van der Waals surface area contributed by atoms with E-state index in [1.807, 2.05) is 0 Å². The van der Waals surface area contributed by atoms with Gasteiger partial charge in [0.2, 0.25) is 0 Å². The molecule has 2 N–H and O–H groups in total. The summed E-state index contributed by atoms with van der Waals surface area (Å²) < 4.78 is 5.21. The van der Waals surface area contributed by atoms with Crippen molar-refractivity contribution < 1.29 is 19.4 Å². The topological polar surface area (TPSA) is 75.6 Å². The number of nitrogens with one attached hydrogen (secondary N) is 1. The molecule has 1 aromatic carbocycles. The smallest absolute Gasteiger partial charge is 0.337 e. The summed E-state index contributed by atoms with van der Waals surface area (Å²) in [7, 11) is 0. The molecule has 19 heavy (non-hydrogen) atoms. The van der Waals surface area contributed by atoms with Gasteiger partial charge in [-0.1, -0.05) is 11.6 Å². The molecule has 1 aliphatic heterocycles. The molecule has 102 valence electrons. The number of halogens is 1. The molecule has 5 nitrogen and oxygen atoms in total. The molecule has 1 aliphatic rings. The number of benzene rings is 1. The lowest BCUT2D eigenvalue weighted by atomic mass is 10.1. The van der Waals surface area contributed by atoms with Crippen LogP contribution in [0.4, 0.5) is 0 Å². The Balaban J connectivity index is 2.10. The van der Waals surface area contributed by atoms with Crippen LogP contribution in [0.3, 0.4) is 0 Å². The van der Waals surface area contributed by atoms with Crippen LogP contribution in [0.25, 0.3) is 0 Å². The van der Waals surface area contributed by atoms with Crippen molar-refractivity contribution in [2.24, 2.45) is 0 Å². The molecule has 1 heterocycles. The van der Waals surface area contributed by atoms with Crippen molar-refractivity contribution in [2.75, 3.05) is 13.2 Å². The third-order valence-corrected chi connectivity index (χ3v) is 3.35. The van der Waals surface area contributed by atoms with Crippen LogP contribution >= 0.6 is 11.6 Å². The monoisotopic (exact) mass is 283 g/mol. The molecule has 0 bridgehead atoms. The summed E-state index contributed by atoms with van der Waals surface area (Å²) in [5, 5.41) is 11.9. The Labute approximate surface area is 115 Å². The molecule has 1 saturated heterocycles. The van der Waals surface area contributed by atoms with E-state index in [9.17, 15) is 9.59 Å². The van der Waals surface area contributed by atoms with Crippen LogP contribution in [0.15, 0.2) is 18.2 Å². The number of carbonyl (C=O) groups excluding carboxylic acids is 1. The first-order valence-corrected chi connectivity index (χ1v) is 6.37. The predicted molar refractivity (Wildman–Crippen MR) is 69.7 cm³/mol. The number of rotatable bonds is 3. The van der Waals surface area contributed by atoms with Gasteiger partial charge < -0.3 is 15.2 Å². The van der Waals surface area contributed by atoms with Gasteiger partial charge in [0, 0.05) is 24.8 Å². The fourth-order valence-electron chi connectivity index (χ4n) is 1.94. The number of carboxylic acids is 1. The Morgan fingerprint density at radius 2 is 2.00 bits per heavy atom. The summed E-state index contributed by atoms with van der Waals surface area (Å²) in [5.41, 5.74) is 0.231. The fraction of sp³-hybridized carbons (Fsp3) is 0.385. The van der Waals surface area contributed by atoms with E-state index in [4.69, 9.17) is 21.4 Å². The van der Waals surface area contributed by atoms with Gasteiger partial charge in [-0.2, -0.15) is 0 Å². The molecule has 0 aliphatic carbocycles. The van der Waals surface area contributed by atoms with Crippen molar-refractivity contribution in [3.05, 3.63) is 34.3 Å². The average molecular weight is 284 g/mol. The molecule has 0 atom stereocenters. The second-order valence-electron chi connectivity index (χ2n) is 4.36. The normalized spacial score (nSPS) is 16.1.